The maximum Gasteiger partial charge on any atom is 0.0594 e. The summed E-state index contributed by atoms with van der Waals surface area (Å²) in [7, 11) is 1.73. The van der Waals surface area contributed by atoms with Crippen molar-refractivity contribution < 1.29 is 9.47 Å². The molecule has 1 saturated heterocycles. The van der Waals surface area contributed by atoms with E-state index < -0.39 is 0 Å². The van der Waals surface area contributed by atoms with E-state index in [0.717, 1.165) is 32.9 Å². The van der Waals surface area contributed by atoms with Crippen LogP contribution in [0.15, 0.2) is 0 Å². The summed E-state index contributed by atoms with van der Waals surface area (Å²) in [4.78, 5) is 2.45. The number of rotatable bonds is 5. The summed E-state index contributed by atoms with van der Waals surface area (Å²) in [6.07, 6.45) is 3.68. The normalized spacial score (nSPS) is 15.4. The third kappa shape index (κ3) is 15.9. The molecule has 0 aromatic rings. The van der Waals surface area contributed by atoms with Gasteiger partial charge in [0.25, 0.3) is 0 Å². The Kier molecular flexibility index (Phi) is 20.6. The van der Waals surface area contributed by atoms with E-state index >= 15 is 0 Å². The van der Waals surface area contributed by atoms with Crippen LogP contribution in [0.4, 0.5) is 0 Å². The molecule has 0 amide bonds. The van der Waals surface area contributed by atoms with E-state index in [2.05, 4.69) is 18.7 Å². The van der Waals surface area contributed by atoms with Crippen molar-refractivity contribution in [3.63, 3.8) is 0 Å². The Labute approximate surface area is 108 Å². The molecule has 0 aromatic heterocycles. The summed E-state index contributed by atoms with van der Waals surface area (Å²) >= 11 is 0. The molecule has 0 unspecified atom stereocenters. The summed E-state index contributed by atoms with van der Waals surface area (Å²) in [6.45, 7) is 14.6. The molecular weight excluding hydrogens is 214 g/mol. The average Bonchev–Trinajstić information content (AvgIpc) is 2.41. The molecule has 0 N–H and O–H groups in total. The molecule has 1 aliphatic heterocycles. The molecule has 0 bridgehead atoms. The van der Waals surface area contributed by atoms with Gasteiger partial charge in [0.2, 0.25) is 0 Å². The maximum absolute atomic E-state index is 5.20. The fraction of sp³-hybridized carbons (Fsp3) is 1.00. The zero-order valence-corrected chi connectivity index (χ0v) is 12.6. The second kappa shape index (κ2) is 18.3. The van der Waals surface area contributed by atoms with Crippen LogP contribution in [0.1, 0.15) is 47.0 Å². The first-order valence-electron chi connectivity index (χ1n) is 7.14. The Balaban J connectivity index is 0. The zero-order chi connectivity index (χ0) is 13.4. The minimum absolute atomic E-state index is 0.913. The number of hydrogen-bond acceptors (Lipinski definition) is 3. The Morgan fingerprint density at radius 2 is 1.65 bits per heavy atom. The van der Waals surface area contributed by atoms with Crippen molar-refractivity contribution in [2.45, 2.75) is 47.0 Å². The first kappa shape index (κ1) is 19.2. The van der Waals surface area contributed by atoms with Gasteiger partial charge in [0.05, 0.1) is 13.2 Å². The first-order chi connectivity index (χ1) is 8.35. The topological polar surface area (TPSA) is 21.7 Å². The third-order valence-corrected chi connectivity index (χ3v) is 2.35. The molecule has 0 spiro atoms. The van der Waals surface area contributed by atoms with Gasteiger partial charge in [0, 0.05) is 26.8 Å². The number of hydrogen-bond donors (Lipinski definition) is 0. The molecule has 1 heterocycles. The van der Waals surface area contributed by atoms with Crippen LogP contribution < -0.4 is 0 Å². The Morgan fingerprint density at radius 1 is 1.06 bits per heavy atom. The molecule has 0 aromatic carbocycles. The fourth-order valence-electron chi connectivity index (χ4n) is 1.43. The predicted molar refractivity (Wildman–Crippen MR) is 75.7 cm³/mol. The van der Waals surface area contributed by atoms with Crippen molar-refractivity contribution in [3.05, 3.63) is 0 Å². The standard InChI is InChI=1S/C7H15NO.C5H12O.C2H6/c1-2-3-8-4-6-9-7-5-8;1-3-4-5-6-2;1-2/h2-7H2,1H3;3-5H2,1-2H3;1-2H3. The minimum atomic E-state index is 0.913. The zero-order valence-electron chi connectivity index (χ0n) is 12.6. The van der Waals surface area contributed by atoms with Crippen LogP contribution in [0, 0.1) is 0 Å². The Morgan fingerprint density at radius 3 is 2.00 bits per heavy atom. The summed E-state index contributed by atoms with van der Waals surface area (Å²) in [5.74, 6) is 0. The molecule has 106 valence electrons. The van der Waals surface area contributed by atoms with Crippen LogP contribution in [0.5, 0.6) is 0 Å². The molecule has 3 heteroatoms. The van der Waals surface area contributed by atoms with Crippen LogP contribution >= 0.6 is 0 Å². The number of ether oxygens (including phenoxy) is 2. The Bertz CT molecular complexity index is 108. The number of methoxy groups -OCH3 is 1. The first-order valence-corrected chi connectivity index (χ1v) is 7.14. The molecule has 0 saturated carbocycles. The van der Waals surface area contributed by atoms with Gasteiger partial charge < -0.3 is 9.47 Å². The third-order valence-electron chi connectivity index (χ3n) is 2.35. The molecule has 0 atom stereocenters. The van der Waals surface area contributed by atoms with Crippen molar-refractivity contribution in [3.8, 4) is 0 Å². The summed E-state index contributed by atoms with van der Waals surface area (Å²) < 4.78 is 9.99. The lowest BCUT2D eigenvalue weighted by atomic mass is 10.4. The predicted octanol–water partition coefficient (Wildman–Crippen LogP) is 3.19. The van der Waals surface area contributed by atoms with Crippen molar-refractivity contribution in [2.75, 3.05) is 46.6 Å². The number of unbranched alkanes of at least 4 members (excludes halogenated alkanes) is 1. The van der Waals surface area contributed by atoms with Gasteiger partial charge in [0.15, 0.2) is 0 Å². The van der Waals surface area contributed by atoms with Crippen molar-refractivity contribution >= 4 is 0 Å². The van der Waals surface area contributed by atoms with Gasteiger partial charge in [-0.3, -0.25) is 4.90 Å². The smallest absolute Gasteiger partial charge is 0.0594 e. The minimum Gasteiger partial charge on any atom is -0.385 e. The molecule has 3 nitrogen and oxygen atoms in total. The van der Waals surface area contributed by atoms with Gasteiger partial charge in [-0.2, -0.15) is 0 Å². The Hall–Kier alpha value is -0.120. The van der Waals surface area contributed by atoms with Crippen LogP contribution in [-0.2, 0) is 9.47 Å². The SMILES string of the molecule is CC.CCCCOC.CCCN1CCOCC1. The second-order valence-corrected chi connectivity index (χ2v) is 3.80. The lowest BCUT2D eigenvalue weighted by Crippen LogP contribution is -2.36. The van der Waals surface area contributed by atoms with E-state index in [0.29, 0.717) is 0 Å². The summed E-state index contributed by atoms with van der Waals surface area (Å²) in [5, 5.41) is 0. The van der Waals surface area contributed by atoms with E-state index in [9.17, 15) is 0 Å². The van der Waals surface area contributed by atoms with E-state index in [1.165, 1.54) is 25.8 Å². The van der Waals surface area contributed by atoms with E-state index in [1.54, 1.807) is 7.11 Å². The van der Waals surface area contributed by atoms with E-state index in [1.807, 2.05) is 13.8 Å². The molecule has 0 aliphatic carbocycles. The van der Waals surface area contributed by atoms with Gasteiger partial charge in [-0.05, 0) is 19.4 Å². The lowest BCUT2D eigenvalue weighted by molar-refractivity contribution is 0.0380. The summed E-state index contributed by atoms with van der Waals surface area (Å²) in [6, 6.07) is 0. The van der Waals surface area contributed by atoms with Crippen LogP contribution in [-0.4, -0.2) is 51.5 Å². The summed E-state index contributed by atoms with van der Waals surface area (Å²) in [5.41, 5.74) is 0. The quantitative estimate of drug-likeness (QED) is 0.696. The maximum atomic E-state index is 5.20. The van der Waals surface area contributed by atoms with Crippen LogP contribution in [0.3, 0.4) is 0 Å². The van der Waals surface area contributed by atoms with Gasteiger partial charge in [0.1, 0.15) is 0 Å². The van der Waals surface area contributed by atoms with Crippen molar-refractivity contribution in [1.29, 1.82) is 0 Å². The second-order valence-electron chi connectivity index (χ2n) is 3.80. The molecule has 1 fully saturated rings. The molecule has 0 radical (unpaired) electrons. The highest BCUT2D eigenvalue weighted by Crippen LogP contribution is 1.96. The highest BCUT2D eigenvalue weighted by molar-refractivity contribution is 4.59. The van der Waals surface area contributed by atoms with Gasteiger partial charge in [-0.1, -0.05) is 34.1 Å². The fourth-order valence-corrected chi connectivity index (χ4v) is 1.43. The van der Waals surface area contributed by atoms with Crippen molar-refractivity contribution in [2.24, 2.45) is 0 Å². The van der Waals surface area contributed by atoms with Crippen LogP contribution in [0.25, 0.3) is 0 Å². The highest BCUT2D eigenvalue weighted by Gasteiger charge is 2.07. The van der Waals surface area contributed by atoms with Crippen molar-refractivity contribution in [1.82, 2.24) is 4.90 Å². The van der Waals surface area contributed by atoms with Gasteiger partial charge in [-0.15, -0.1) is 0 Å². The lowest BCUT2D eigenvalue weighted by Gasteiger charge is -2.25. The molecule has 1 aliphatic rings. The molecule has 17 heavy (non-hydrogen) atoms. The van der Waals surface area contributed by atoms with Crippen LogP contribution in [0.2, 0.25) is 0 Å². The monoisotopic (exact) mass is 247 g/mol. The van der Waals surface area contributed by atoms with Gasteiger partial charge >= 0.3 is 0 Å². The molecular formula is C14H33NO2. The number of nitrogens with zero attached hydrogens (tertiary/aromatic N) is 1. The van der Waals surface area contributed by atoms with E-state index in [-0.39, 0.29) is 0 Å². The van der Waals surface area contributed by atoms with E-state index in [4.69, 9.17) is 9.47 Å². The highest BCUT2D eigenvalue weighted by atomic mass is 16.5. The largest absolute Gasteiger partial charge is 0.385 e. The average molecular weight is 247 g/mol. The van der Waals surface area contributed by atoms with Gasteiger partial charge in [-0.25, -0.2) is 0 Å². The molecule has 1 rings (SSSR count). The number of morpholine rings is 1.